The number of fused-ring (bicyclic) bond motifs is 4. The quantitative estimate of drug-likeness (QED) is 0.839. The molecule has 0 spiro atoms. The number of benzene rings is 1. The van der Waals surface area contributed by atoms with Gasteiger partial charge in [0, 0.05) is 37.4 Å². The molecule has 6 nitrogen and oxygen atoms in total. The Morgan fingerprint density at radius 1 is 1.20 bits per heavy atom. The third kappa shape index (κ3) is 3.51. The van der Waals surface area contributed by atoms with Crippen LogP contribution in [-0.4, -0.2) is 58.7 Å². The second-order valence-electron chi connectivity index (χ2n) is 9.19. The largest absolute Gasteiger partial charge is 0.497 e. The van der Waals surface area contributed by atoms with Gasteiger partial charge >= 0.3 is 0 Å². The number of amides is 1. The second-order valence-corrected chi connectivity index (χ2v) is 9.19. The Morgan fingerprint density at radius 2 is 2.03 bits per heavy atom. The van der Waals surface area contributed by atoms with Gasteiger partial charge < -0.3 is 9.64 Å². The van der Waals surface area contributed by atoms with E-state index in [0.29, 0.717) is 29.6 Å². The Morgan fingerprint density at radius 3 is 2.77 bits per heavy atom. The zero-order valence-electron chi connectivity index (χ0n) is 18.0. The molecule has 4 heterocycles. The van der Waals surface area contributed by atoms with Crippen LogP contribution in [0.25, 0.3) is 0 Å². The first-order valence-corrected chi connectivity index (χ1v) is 11.4. The lowest BCUT2D eigenvalue weighted by molar-refractivity contribution is -0.0512. The van der Waals surface area contributed by atoms with Crippen LogP contribution in [0.15, 0.2) is 30.3 Å². The van der Waals surface area contributed by atoms with E-state index >= 15 is 0 Å². The molecule has 3 fully saturated rings. The molecule has 0 radical (unpaired) electrons. The van der Waals surface area contributed by atoms with Crippen molar-refractivity contribution < 1.29 is 9.53 Å². The molecule has 3 aliphatic rings. The highest BCUT2D eigenvalue weighted by Crippen LogP contribution is 2.44. The molecule has 1 aromatic heterocycles. The number of hydrogen-bond donors (Lipinski definition) is 1. The van der Waals surface area contributed by atoms with Crippen molar-refractivity contribution >= 4 is 5.91 Å². The van der Waals surface area contributed by atoms with Crippen LogP contribution >= 0.6 is 0 Å². The summed E-state index contributed by atoms with van der Waals surface area (Å²) in [4.78, 5) is 17.9. The molecule has 3 aliphatic heterocycles. The van der Waals surface area contributed by atoms with E-state index in [1.807, 2.05) is 6.07 Å². The minimum Gasteiger partial charge on any atom is -0.497 e. The zero-order valence-corrected chi connectivity index (χ0v) is 18.0. The molecule has 1 aromatic carbocycles. The number of carbonyl (C=O) groups excluding carboxylic acids is 1. The number of methoxy groups -OCH3 is 1. The molecule has 0 unspecified atom stereocenters. The lowest BCUT2D eigenvalue weighted by atomic mass is 9.74. The van der Waals surface area contributed by atoms with Crippen molar-refractivity contribution in [2.75, 3.05) is 26.7 Å². The van der Waals surface area contributed by atoms with E-state index in [1.54, 1.807) is 7.11 Å². The molecule has 5 rings (SSSR count). The maximum Gasteiger partial charge on any atom is 0.274 e. The van der Waals surface area contributed by atoms with E-state index in [1.165, 1.54) is 31.2 Å². The molecule has 0 saturated carbocycles. The third-order valence-electron chi connectivity index (χ3n) is 7.41. The van der Waals surface area contributed by atoms with Gasteiger partial charge in [0.15, 0.2) is 0 Å². The van der Waals surface area contributed by atoms with E-state index in [2.05, 4.69) is 51.2 Å². The number of likely N-dealkylation sites (tertiary alicyclic amines) is 1. The molecule has 1 amide bonds. The minimum absolute atomic E-state index is 0.0941. The van der Waals surface area contributed by atoms with Gasteiger partial charge in [0.2, 0.25) is 0 Å². The lowest BCUT2D eigenvalue weighted by Crippen LogP contribution is -2.60. The number of nitrogens with one attached hydrogen (secondary N) is 1. The number of H-pyrrole nitrogens is 1. The zero-order chi connectivity index (χ0) is 20.7. The van der Waals surface area contributed by atoms with Gasteiger partial charge in [-0.1, -0.05) is 19.1 Å². The predicted octanol–water partition coefficient (Wildman–Crippen LogP) is 3.67. The molecule has 2 aromatic rings. The van der Waals surface area contributed by atoms with Gasteiger partial charge in [-0.05, 0) is 67.7 Å². The van der Waals surface area contributed by atoms with Crippen molar-refractivity contribution in [3.8, 4) is 5.75 Å². The summed E-state index contributed by atoms with van der Waals surface area (Å²) in [5.41, 5.74) is 3.00. The van der Waals surface area contributed by atoms with Gasteiger partial charge in [-0.25, -0.2) is 0 Å². The first-order chi connectivity index (χ1) is 14.7. The third-order valence-corrected chi connectivity index (χ3v) is 7.41. The Balaban J connectivity index is 1.33. The molecular formula is C24H32N4O2. The summed E-state index contributed by atoms with van der Waals surface area (Å²) in [6, 6.07) is 11.6. The van der Waals surface area contributed by atoms with E-state index in [0.717, 1.165) is 37.5 Å². The summed E-state index contributed by atoms with van der Waals surface area (Å²) in [5.74, 6) is 2.12. The van der Waals surface area contributed by atoms with Gasteiger partial charge in [-0.3, -0.25) is 14.8 Å². The van der Waals surface area contributed by atoms with Crippen LogP contribution < -0.4 is 4.74 Å². The van der Waals surface area contributed by atoms with Crippen molar-refractivity contribution in [3.63, 3.8) is 0 Å². The van der Waals surface area contributed by atoms with Gasteiger partial charge in [0.25, 0.3) is 5.91 Å². The van der Waals surface area contributed by atoms with Gasteiger partial charge in [-0.15, -0.1) is 0 Å². The van der Waals surface area contributed by atoms with Crippen molar-refractivity contribution in [1.29, 1.82) is 0 Å². The lowest BCUT2D eigenvalue weighted by Gasteiger charge is -2.55. The fourth-order valence-corrected chi connectivity index (χ4v) is 5.97. The smallest absolute Gasteiger partial charge is 0.274 e. The number of aryl methyl sites for hydroxylation is 1. The Bertz CT molecular complexity index is 893. The van der Waals surface area contributed by atoms with Gasteiger partial charge in [-0.2, -0.15) is 5.10 Å². The van der Waals surface area contributed by atoms with Crippen LogP contribution in [-0.2, 0) is 6.42 Å². The van der Waals surface area contributed by atoms with E-state index in [9.17, 15) is 4.79 Å². The maximum absolute atomic E-state index is 13.1. The van der Waals surface area contributed by atoms with Crippen molar-refractivity contribution in [3.05, 3.63) is 47.3 Å². The van der Waals surface area contributed by atoms with Crippen LogP contribution in [0.4, 0.5) is 0 Å². The topological polar surface area (TPSA) is 61.5 Å². The van der Waals surface area contributed by atoms with E-state index in [-0.39, 0.29) is 5.91 Å². The minimum atomic E-state index is 0.0941. The maximum atomic E-state index is 13.1. The molecule has 160 valence electrons. The number of aromatic nitrogens is 2. The molecule has 6 heteroatoms. The summed E-state index contributed by atoms with van der Waals surface area (Å²) >= 11 is 0. The summed E-state index contributed by atoms with van der Waals surface area (Å²) in [6.45, 7) is 4.87. The van der Waals surface area contributed by atoms with E-state index in [4.69, 9.17) is 4.74 Å². The van der Waals surface area contributed by atoms with Crippen molar-refractivity contribution in [1.82, 2.24) is 20.0 Å². The molecule has 30 heavy (non-hydrogen) atoms. The monoisotopic (exact) mass is 408 g/mol. The first-order valence-electron chi connectivity index (χ1n) is 11.4. The van der Waals surface area contributed by atoms with Crippen LogP contribution in [0, 0.1) is 11.8 Å². The normalized spacial score (nSPS) is 28.8. The fraction of sp³-hybridized carbons (Fsp3) is 0.583. The van der Waals surface area contributed by atoms with Gasteiger partial charge in [0.05, 0.1) is 7.11 Å². The number of carbonyl (C=O) groups is 1. The number of ether oxygens (including phenoxy) is 1. The number of rotatable bonds is 4. The average Bonchev–Trinajstić information content (AvgIpc) is 3.27. The Hall–Kier alpha value is -2.34. The van der Waals surface area contributed by atoms with Crippen molar-refractivity contribution in [2.24, 2.45) is 11.8 Å². The molecule has 3 saturated heterocycles. The highest BCUT2D eigenvalue weighted by Gasteiger charge is 2.46. The second kappa shape index (κ2) is 8.06. The highest BCUT2D eigenvalue weighted by molar-refractivity contribution is 5.92. The van der Waals surface area contributed by atoms with Crippen LogP contribution in [0.1, 0.15) is 60.4 Å². The molecule has 2 bridgehead atoms. The first kappa shape index (κ1) is 19.6. The average molecular weight is 409 g/mol. The van der Waals surface area contributed by atoms with Crippen LogP contribution in [0.5, 0.6) is 5.75 Å². The van der Waals surface area contributed by atoms with Gasteiger partial charge in [0.1, 0.15) is 11.4 Å². The summed E-state index contributed by atoms with van der Waals surface area (Å²) < 4.78 is 5.34. The summed E-state index contributed by atoms with van der Waals surface area (Å²) in [6.07, 6.45) is 5.84. The number of aromatic amines is 1. The highest BCUT2D eigenvalue weighted by atomic mass is 16.5. The van der Waals surface area contributed by atoms with Crippen molar-refractivity contribution in [2.45, 2.75) is 51.1 Å². The van der Waals surface area contributed by atoms with Crippen LogP contribution in [0.2, 0.25) is 0 Å². The Labute approximate surface area is 178 Å². The van der Waals surface area contributed by atoms with E-state index < -0.39 is 0 Å². The number of piperidine rings is 3. The number of nitrogens with zero attached hydrogens (tertiary/aromatic N) is 3. The predicted molar refractivity (Wildman–Crippen MR) is 116 cm³/mol. The Kier molecular flexibility index (Phi) is 5.27. The summed E-state index contributed by atoms with van der Waals surface area (Å²) in [5, 5.41) is 7.26. The SMILES string of the molecule is CCc1cc(C(=O)N2C[C@@H]3C[C@H](C2)[C@@H]2CCC[C@H](c4ccc(OC)cc4)N2C3)n[nH]1. The number of hydrogen-bond acceptors (Lipinski definition) is 4. The van der Waals surface area contributed by atoms with Crippen LogP contribution in [0.3, 0.4) is 0 Å². The summed E-state index contributed by atoms with van der Waals surface area (Å²) in [7, 11) is 1.72. The fourth-order valence-electron chi connectivity index (χ4n) is 5.97. The molecule has 0 aliphatic carbocycles. The molecule has 4 atom stereocenters. The molecule has 1 N–H and O–H groups in total. The molecular weight excluding hydrogens is 376 g/mol. The standard InChI is InChI=1S/C24H32N4O2/c1-3-19-12-21(26-25-19)24(29)27-13-16-11-18(15-27)23-6-4-5-22(28(23)14-16)17-7-9-20(30-2)10-8-17/h7-10,12,16,18,22-23H,3-6,11,13-15H2,1-2H3,(H,25,26)/t16-,18+,22+,23-/m0/s1.